The Morgan fingerprint density at radius 3 is 2.83 bits per heavy atom. The molecule has 1 saturated carbocycles. The van der Waals surface area contributed by atoms with Crippen LogP contribution in [-0.4, -0.2) is 34.2 Å². The number of phenols is 1. The number of halogens is 1. The molecule has 2 heterocycles. The number of aryl methyl sites for hydroxylation is 1. The fraction of sp³-hybridized carbons (Fsp3) is 0.462. The number of hydrogen-bond donors (Lipinski definition) is 1. The number of likely N-dealkylation sites (tertiary alicyclic amines) is 1. The summed E-state index contributed by atoms with van der Waals surface area (Å²) in [7, 11) is 2.20. The van der Waals surface area contributed by atoms with E-state index >= 15 is 0 Å². The van der Waals surface area contributed by atoms with Crippen molar-refractivity contribution in [2.75, 3.05) is 19.6 Å². The second-order valence-electron chi connectivity index (χ2n) is 9.88. The smallest absolute Gasteiger partial charge is 0.115 e. The van der Waals surface area contributed by atoms with Gasteiger partial charge in [-0.25, -0.2) is 0 Å². The summed E-state index contributed by atoms with van der Waals surface area (Å²) >= 11 is 6.39. The van der Waals surface area contributed by atoms with Crippen LogP contribution < -0.4 is 0 Å². The Morgan fingerprint density at radius 2 is 2.03 bits per heavy atom. The third kappa shape index (κ3) is 2.90. The Hall–Kier alpha value is -1.97. The topological polar surface area (TPSA) is 28.4 Å². The number of nitrogens with zero attached hydrogens (tertiary/aromatic N) is 2. The molecule has 2 fully saturated rings. The van der Waals surface area contributed by atoms with Crippen LogP contribution in [0.15, 0.2) is 42.5 Å². The number of fused-ring (bicyclic) bond motifs is 4. The molecule has 156 valence electrons. The largest absolute Gasteiger partial charge is 0.508 e. The van der Waals surface area contributed by atoms with Crippen molar-refractivity contribution >= 4 is 22.5 Å². The Balaban J connectivity index is 1.48. The van der Waals surface area contributed by atoms with Gasteiger partial charge in [0.25, 0.3) is 0 Å². The van der Waals surface area contributed by atoms with Gasteiger partial charge in [-0.1, -0.05) is 23.7 Å². The second kappa shape index (κ2) is 6.77. The number of aromatic hydroxyl groups is 1. The minimum absolute atomic E-state index is 0.0950. The number of aromatic nitrogens is 1. The molecule has 3 aliphatic rings. The van der Waals surface area contributed by atoms with Crippen molar-refractivity contribution in [3.8, 4) is 5.75 Å². The van der Waals surface area contributed by atoms with Crippen LogP contribution in [0.2, 0.25) is 5.02 Å². The first-order valence-electron chi connectivity index (χ1n) is 11.3. The summed E-state index contributed by atoms with van der Waals surface area (Å²) in [6.07, 6.45) is 6.10. The quantitative estimate of drug-likeness (QED) is 0.622. The van der Waals surface area contributed by atoms with Gasteiger partial charge in [-0.2, -0.15) is 0 Å². The summed E-state index contributed by atoms with van der Waals surface area (Å²) in [5.74, 6) is 1.87. The number of phenolic OH excluding ortho intramolecular Hbond substituents is 1. The molecule has 1 aromatic heterocycles. The Morgan fingerprint density at radius 1 is 1.17 bits per heavy atom. The third-order valence-electron chi connectivity index (χ3n) is 8.10. The monoisotopic (exact) mass is 420 g/mol. The third-order valence-corrected chi connectivity index (χ3v) is 8.34. The maximum absolute atomic E-state index is 10.3. The molecule has 1 saturated heterocycles. The van der Waals surface area contributed by atoms with Crippen molar-refractivity contribution in [3.05, 3.63) is 64.3 Å². The highest BCUT2D eigenvalue weighted by Gasteiger charge is 2.49. The van der Waals surface area contributed by atoms with Crippen LogP contribution in [0.1, 0.15) is 36.1 Å². The van der Waals surface area contributed by atoms with Gasteiger partial charge in [0.1, 0.15) is 5.75 Å². The van der Waals surface area contributed by atoms with E-state index in [2.05, 4.69) is 34.7 Å². The lowest BCUT2D eigenvalue weighted by Crippen LogP contribution is -2.54. The lowest BCUT2D eigenvalue weighted by atomic mass is 9.58. The van der Waals surface area contributed by atoms with Gasteiger partial charge in [-0.15, -0.1) is 0 Å². The number of piperidine rings is 1. The van der Waals surface area contributed by atoms with Gasteiger partial charge in [0.2, 0.25) is 0 Å². The van der Waals surface area contributed by atoms with Gasteiger partial charge >= 0.3 is 0 Å². The van der Waals surface area contributed by atoms with Gasteiger partial charge in [-0.3, -0.25) is 0 Å². The van der Waals surface area contributed by atoms with E-state index < -0.39 is 0 Å². The highest BCUT2D eigenvalue weighted by molar-refractivity contribution is 6.31. The van der Waals surface area contributed by atoms with Gasteiger partial charge in [0.15, 0.2) is 0 Å². The molecule has 2 aliphatic carbocycles. The van der Waals surface area contributed by atoms with E-state index in [-0.39, 0.29) is 5.41 Å². The Labute approximate surface area is 183 Å². The van der Waals surface area contributed by atoms with Crippen LogP contribution in [0.4, 0.5) is 0 Å². The van der Waals surface area contributed by atoms with Crippen LogP contribution in [0.5, 0.6) is 5.75 Å². The molecule has 0 radical (unpaired) electrons. The zero-order chi connectivity index (χ0) is 20.5. The van der Waals surface area contributed by atoms with Crippen molar-refractivity contribution in [1.82, 2.24) is 9.47 Å². The van der Waals surface area contributed by atoms with Crippen molar-refractivity contribution in [2.24, 2.45) is 18.9 Å². The average Bonchev–Trinajstić information content (AvgIpc) is 3.52. The van der Waals surface area contributed by atoms with Crippen molar-refractivity contribution in [3.63, 3.8) is 0 Å². The summed E-state index contributed by atoms with van der Waals surface area (Å²) < 4.78 is 2.39. The molecule has 1 N–H and O–H groups in total. The molecule has 3 aromatic rings. The van der Waals surface area contributed by atoms with E-state index in [1.165, 1.54) is 47.1 Å². The number of benzene rings is 2. The lowest BCUT2D eigenvalue weighted by Gasteiger charge is -2.51. The average molecular weight is 421 g/mol. The first kappa shape index (κ1) is 18.8. The summed E-state index contributed by atoms with van der Waals surface area (Å²) in [5, 5.41) is 12.4. The van der Waals surface area contributed by atoms with Gasteiger partial charge in [-0.05, 0) is 91.9 Å². The molecule has 4 heteroatoms. The molecule has 6 rings (SSSR count). The molecular formula is C26H29ClN2O. The highest BCUT2D eigenvalue weighted by Crippen LogP contribution is 2.50. The van der Waals surface area contributed by atoms with E-state index in [1.807, 2.05) is 18.2 Å². The Bertz CT molecular complexity index is 1130. The lowest BCUT2D eigenvalue weighted by molar-refractivity contribution is 0.0776. The highest BCUT2D eigenvalue weighted by atomic mass is 35.5. The summed E-state index contributed by atoms with van der Waals surface area (Å²) in [4.78, 5) is 2.71. The minimum atomic E-state index is 0.0950. The maximum atomic E-state index is 10.3. The number of rotatable bonds is 3. The van der Waals surface area contributed by atoms with E-state index in [1.54, 1.807) is 6.07 Å². The molecule has 3 nitrogen and oxygen atoms in total. The van der Waals surface area contributed by atoms with Crippen molar-refractivity contribution < 1.29 is 5.11 Å². The molecule has 2 atom stereocenters. The van der Waals surface area contributed by atoms with Gasteiger partial charge < -0.3 is 14.6 Å². The molecule has 2 aromatic carbocycles. The van der Waals surface area contributed by atoms with Crippen LogP contribution in [0, 0.1) is 11.8 Å². The minimum Gasteiger partial charge on any atom is -0.508 e. The fourth-order valence-corrected chi connectivity index (χ4v) is 6.48. The molecule has 0 spiro atoms. The van der Waals surface area contributed by atoms with Crippen LogP contribution in [0.3, 0.4) is 0 Å². The van der Waals surface area contributed by atoms with E-state index in [4.69, 9.17) is 11.6 Å². The molecule has 0 amide bonds. The van der Waals surface area contributed by atoms with E-state index in [9.17, 15) is 5.11 Å². The van der Waals surface area contributed by atoms with Crippen LogP contribution >= 0.6 is 11.6 Å². The van der Waals surface area contributed by atoms with Gasteiger partial charge in [0, 0.05) is 47.2 Å². The maximum Gasteiger partial charge on any atom is 0.115 e. The molecule has 1 aliphatic heterocycles. The zero-order valence-corrected chi connectivity index (χ0v) is 18.3. The summed E-state index contributed by atoms with van der Waals surface area (Å²) in [5.41, 5.74) is 5.63. The van der Waals surface area contributed by atoms with Crippen LogP contribution in [0.25, 0.3) is 10.9 Å². The molecular weight excluding hydrogens is 392 g/mol. The molecule has 0 bridgehead atoms. The van der Waals surface area contributed by atoms with Crippen molar-refractivity contribution in [1.29, 1.82) is 0 Å². The van der Waals surface area contributed by atoms with E-state index in [0.29, 0.717) is 11.7 Å². The SMILES string of the molecule is Cn1c2c(c3cc(Cl)ccc31)CC1CN(CC3CC3)CCC1(c1cccc(O)c1)C2. The predicted molar refractivity (Wildman–Crippen MR) is 122 cm³/mol. The first-order chi connectivity index (χ1) is 14.5. The summed E-state index contributed by atoms with van der Waals surface area (Å²) in [6, 6.07) is 14.4. The fourth-order valence-electron chi connectivity index (χ4n) is 6.31. The molecule has 2 unspecified atom stereocenters. The zero-order valence-electron chi connectivity index (χ0n) is 17.6. The van der Waals surface area contributed by atoms with Crippen LogP contribution in [-0.2, 0) is 25.3 Å². The first-order valence-corrected chi connectivity index (χ1v) is 11.7. The molecule has 30 heavy (non-hydrogen) atoms. The summed E-state index contributed by atoms with van der Waals surface area (Å²) in [6.45, 7) is 3.58. The standard InChI is InChI=1S/C26H29ClN2O/c1-28-24-8-7-20(27)13-23(24)22-12-19-16-29(15-17-5-6-17)10-9-26(19,14-25(22)28)18-3-2-4-21(30)11-18/h2-4,7-8,11,13,17,19,30H,5-6,9-10,12,14-16H2,1H3. The predicted octanol–water partition coefficient (Wildman–Crippen LogP) is 5.31. The Kier molecular flexibility index (Phi) is 4.23. The second-order valence-corrected chi connectivity index (χ2v) is 10.3. The van der Waals surface area contributed by atoms with Gasteiger partial charge in [0.05, 0.1) is 0 Å². The van der Waals surface area contributed by atoms with Crippen molar-refractivity contribution in [2.45, 2.75) is 37.5 Å². The van der Waals surface area contributed by atoms with E-state index in [0.717, 1.165) is 43.3 Å². The normalized spacial score (nSPS) is 26.5. The number of hydrogen-bond acceptors (Lipinski definition) is 2.